The lowest BCUT2D eigenvalue weighted by Crippen LogP contribution is -2.27. The maximum absolute atomic E-state index is 11.8. The fourth-order valence-corrected chi connectivity index (χ4v) is 9.95. The average Bonchev–Trinajstić information content (AvgIpc) is 2.96. The van der Waals surface area contributed by atoms with Gasteiger partial charge in [-0.1, -0.05) is 78.4 Å². The molecule has 218 valence electrons. The Hall–Kier alpha value is -4.40. The predicted octanol–water partition coefficient (Wildman–Crippen LogP) is 8.82. The Kier molecular flexibility index (Phi) is 8.44. The van der Waals surface area contributed by atoms with Crippen LogP contribution in [0, 0.1) is 48.5 Å². The molecule has 0 atom stereocenters. The Bertz CT molecular complexity index is 1840. The average molecular weight is 587 g/mol. The Morgan fingerprint density at radius 3 is 1.58 bits per heavy atom. The summed E-state index contributed by atoms with van der Waals surface area (Å²) in [7, 11) is -3.04. The smallest absolute Gasteiger partial charge is 0.128 e. The van der Waals surface area contributed by atoms with Crippen molar-refractivity contribution in [2.24, 2.45) is 9.74 Å². The molecular formula is C38H39N2O2P. The summed E-state index contributed by atoms with van der Waals surface area (Å²) in [5, 5.41) is 25.9. The number of nitrogens with zero attached hydrogens (tertiary/aromatic N) is 2. The summed E-state index contributed by atoms with van der Waals surface area (Å²) in [6, 6.07) is 30.4. The summed E-state index contributed by atoms with van der Waals surface area (Å²) in [6.07, 6.45) is 1.88. The molecule has 0 saturated carbocycles. The van der Waals surface area contributed by atoms with Crippen LogP contribution in [0.2, 0.25) is 0 Å². The maximum atomic E-state index is 11.8. The van der Waals surface area contributed by atoms with Crippen LogP contribution in [0.3, 0.4) is 0 Å². The fraction of sp³-hybridized carbons (Fsp3) is 0.184. The second kappa shape index (κ2) is 12.1. The molecule has 0 radical (unpaired) electrons. The lowest BCUT2D eigenvalue weighted by molar-refractivity contribution is 0.474. The van der Waals surface area contributed by atoms with Crippen molar-refractivity contribution in [3.8, 4) is 11.5 Å². The van der Waals surface area contributed by atoms with E-state index in [1.54, 1.807) is 0 Å². The molecule has 0 spiro atoms. The van der Waals surface area contributed by atoms with Gasteiger partial charge in [0.05, 0.1) is 18.4 Å². The number of phenols is 2. The van der Waals surface area contributed by atoms with Gasteiger partial charge >= 0.3 is 0 Å². The molecule has 0 amide bonds. The van der Waals surface area contributed by atoms with Crippen molar-refractivity contribution in [1.82, 2.24) is 0 Å². The molecule has 0 aliphatic heterocycles. The monoisotopic (exact) mass is 586 g/mol. The van der Waals surface area contributed by atoms with Crippen molar-refractivity contribution in [3.05, 3.63) is 136 Å². The first-order valence-corrected chi connectivity index (χ1v) is 16.3. The van der Waals surface area contributed by atoms with E-state index >= 15 is 0 Å². The maximum Gasteiger partial charge on any atom is 0.128 e. The number of aryl methyl sites for hydroxylation is 7. The van der Waals surface area contributed by atoms with E-state index in [1.165, 1.54) is 5.56 Å². The SMILES string of the molecule is Cc1cc(C)c(N=Cc2ccccc2N=P(c2ccccc2)(c2cc(C)cc(C)c2O)c2cc(C)cc(C)c2O)c(C)c1. The van der Waals surface area contributed by atoms with E-state index in [-0.39, 0.29) is 11.5 Å². The van der Waals surface area contributed by atoms with Crippen LogP contribution < -0.4 is 15.9 Å². The van der Waals surface area contributed by atoms with Crippen molar-refractivity contribution in [2.45, 2.75) is 48.5 Å². The number of hydrogen-bond acceptors (Lipinski definition) is 4. The van der Waals surface area contributed by atoms with Crippen LogP contribution in [0.4, 0.5) is 11.4 Å². The number of rotatable bonds is 6. The van der Waals surface area contributed by atoms with E-state index in [1.807, 2.05) is 101 Å². The minimum atomic E-state index is -3.04. The Morgan fingerprint density at radius 2 is 1.02 bits per heavy atom. The first kappa shape index (κ1) is 30.1. The Labute approximate surface area is 255 Å². The summed E-state index contributed by atoms with van der Waals surface area (Å²) in [4.78, 5) is 4.95. The summed E-state index contributed by atoms with van der Waals surface area (Å²) >= 11 is 0. The molecule has 0 fully saturated rings. The largest absolute Gasteiger partial charge is 0.507 e. The Morgan fingerprint density at radius 1 is 0.558 bits per heavy atom. The van der Waals surface area contributed by atoms with Gasteiger partial charge in [-0.05, 0) is 100 Å². The molecule has 0 aromatic heterocycles. The van der Waals surface area contributed by atoms with Crippen molar-refractivity contribution >= 4 is 40.6 Å². The van der Waals surface area contributed by atoms with E-state index < -0.39 is 7.05 Å². The zero-order valence-corrected chi connectivity index (χ0v) is 26.9. The van der Waals surface area contributed by atoms with Crippen LogP contribution in [0.1, 0.15) is 44.5 Å². The Balaban J connectivity index is 1.92. The molecule has 0 bridgehead atoms. The number of aliphatic imine (C=N–C) groups is 1. The lowest BCUT2D eigenvalue weighted by Gasteiger charge is -2.30. The van der Waals surface area contributed by atoms with E-state index in [2.05, 4.69) is 45.0 Å². The van der Waals surface area contributed by atoms with Crippen molar-refractivity contribution in [1.29, 1.82) is 0 Å². The van der Waals surface area contributed by atoms with Gasteiger partial charge in [0, 0.05) is 27.7 Å². The highest BCUT2D eigenvalue weighted by Crippen LogP contribution is 2.54. The first-order chi connectivity index (χ1) is 20.5. The number of phenolic OH excluding ortho intramolecular Hbond substituents is 2. The summed E-state index contributed by atoms with van der Waals surface area (Å²) < 4.78 is 5.66. The van der Waals surface area contributed by atoms with Gasteiger partial charge in [0.2, 0.25) is 0 Å². The highest BCUT2D eigenvalue weighted by Gasteiger charge is 2.34. The van der Waals surface area contributed by atoms with E-state index in [0.717, 1.165) is 55.6 Å². The van der Waals surface area contributed by atoms with Crippen LogP contribution >= 0.6 is 7.05 Å². The van der Waals surface area contributed by atoms with E-state index in [0.29, 0.717) is 10.6 Å². The van der Waals surface area contributed by atoms with Crippen molar-refractivity contribution in [3.63, 3.8) is 0 Å². The molecule has 5 aromatic rings. The number of benzene rings is 5. The molecule has 0 saturated heterocycles. The minimum Gasteiger partial charge on any atom is -0.507 e. The first-order valence-electron chi connectivity index (χ1n) is 14.5. The second-order valence-corrected chi connectivity index (χ2v) is 14.5. The molecule has 0 aliphatic carbocycles. The zero-order chi connectivity index (χ0) is 30.9. The molecule has 43 heavy (non-hydrogen) atoms. The minimum absolute atomic E-state index is 0.196. The molecule has 0 unspecified atom stereocenters. The van der Waals surface area contributed by atoms with Crippen LogP contribution in [0.15, 0.2) is 101 Å². The number of hydrogen-bond donors (Lipinski definition) is 2. The second-order valence-electron chi connectivity index (χ2n) is 11.5. The zero-order valence-electron chi connectivity index (χ0n) is 26.0. The van der Waals surface area contributed by atoms with E-state index in [9.17, 15) is 10.2 Å². The quantitative estimate of drug-likeness (QED) is 0.154. The number of aromatic hydroxyl groups is 2. The lowest BCUT2D eigenvalue weighted by atomic mass is 10.1. The summed E-state index contributed by atoms with van der Waals surface area (Å²) in [5.41, 5.74) is 9.58. The van der Waals surface area contributed by atoms with Gasteiger partial charge in [-0.15, -0.1) is 0 Å². The molecule has 4 nitrogen and oxygen atoms in total. The van der Waals surface area contributed by atoms with Gasteiger partial charge in [0.25, 0.3) is 0 Å². The molecule has 5 aromatic carbocycles. The molecule has 2 N–H and O–H groups in total. The van der Waals surface area contributed by atoms with Gasteiger partial charge < -0.3 is 10.2 Å². The highest BCUT2D eigenvalue weighted by molar-refractivity contribution is 7.87. The van der Waals surface area contributed by atoms with Crippen LogP contribution in [0.25, 0.3) is 0 Å². The van der Waals surface area contributed by atoms with Crippen molar-refractivity contribution < 1.29 is 10.2 Å². The van der Waals surface area contributed by atoms with Gasteiger partial charge in [0.15, 0.2) is 0 Å². The van der Waals surface area contributed by atoms with Gasteiger partial charge in [-0.25, -0.2) is 0 Å². The summed E-state index contributed by atoms with van der Waals surface area (Å²) in [6.45, 7) is 14.2. The van der Waals surface area contributed by atoms with E-state index in [4.69, 9.17) is 9.74 Å². The molecule has 0 aliphatic rings. The van der Waals surface area contributed by atoms with Crippen LogP contribution in [0.5, 0.6) is 11.5 Å². The normalized spacial score (nSPS) is 11.7. The molecule has 5 rings (SSSR count). The summed E-state index contributed by atoms with van der Waals surface area (Å²) in [5.74, 6) is 0.393. The standard InChI is InChI=1S/C38H39N2O2P/c1-24-17-27(4)36(28(5)18-24)39-23-31-13-11-12-16-33(31)40-43(32-14-9-8-10-15-32,34-21-25(2)19-29(6)37(34)41)35-22-26(3)20-30(7)38(35)42/h8-23,41-42H,1-7H3. The van der Waals surface area contributed by atoms with Crippen LogP contribution in [-0.2, 0) is 0 Å². The van der Waals surface area contributed by atoms with Gasteiger partial charge in [-0.2, -0.15) is 0 Å². The topological polar surface area (TPSA) is 65.2 Å². The highest BCUT2D eigenvalue weighted by atomic mass is 31.2. The predicted molar refractivity (Wildman–Crippen MR) is 184 cm³/mol. The van der Waals surface area contributed by atoms with Crippen molar-refractivity contribution in [2.75, 3.05) is 0 Å². The van der Waals surface area contributed by atoms with Gasteiger partial charge in [0.1, 0.15) is 11.5 Å². The molecular weight excluding hydrogens is 547 g/mol. The van der Waals surface area contributed by atoms with Gasteiger partial charge in [-0.3, -0.25) is 9.74 Å². The fourth-order valence-electron chi connectivity index (χ4n) is 5.95. The molecule has 0 heterocycles. The van der Waals surface area contributed by atoms with Crippen LogP contribution in [-0.4, -0.2) is 16.4 Å². The third-order valence-electron chi connectivity index (χ3n) is 7.84. The third kappa shape index (κ3) is 5.81. The third-order valence-corrected chi connectivity index (χ3v) is 11.5. The molecule has 5 heteroatoms.